The number of alkyl halides is 1. The highest BCUT2D eigenvalue weighted by molar-refractivity contribution is 9.09. The zero-order valence-corrected chi connectivity index (χ0v) is 12.6. The lowest BCUT2D eigenvalue weighted by atomic mass is 9.86. The number of carbonyl (C=O) groups excluding carboxylic acids is 1. The molecule has 2 nitrogen and oxygen atoms in total. The van der Waals surface area contributed by atoms with Crippen LogP contribution < -0.4 is 5.32 Å². The molecular weight excluding hydrogens is 290 g/mol. The summed E-state index contributed by atoms with van der Waals surface area (Å²) in [6.45, 7) is 0. The van der Waals surface area contributed by atoms with E-state index in [2.05, 4.69) is 21.2 Å². The molecule has 3 saturated carbocycles. The Morgan fingerprint density at radius 3 is 2.28 bits per heavy atom. The summed E-state index contributed by atoms with van der Waals surface area (Å²) in [5.74, 6) is 2.90. The molecule has 0 saturated heterocycles. The highest BCUT2D eigenvalue weighted by Crippen LogP contribution is 2.55. The van der Waals surface area contributed by atoms with E-state index in [0.717, 1.165) is 17.2 Å². The van der Waals surface area contributed by atoms with Crippen molar-refractivity contribution in [3.05, 3.63) is 0 Å². The summed E-state index contributed by atoms with van der Waals surface area (Å²) >= 11 is 3.60. The smallest absolute Gasteiger partial charge is 0.223 e. The Labute approximate surface area is 118 Å². The fourth-order valence-electron chi connectivity index (χ4n) is 4.24. The first kappa shape index (κ1) is 13.0. The van der Waals surface area contributed by atoms with Gasteiger partial charge in [-0.2, -0.15) is 0 Å². The van der Waals surface area contributed by atoms with Gasteiger partial charge in [0.15, 0.2) is 0 Å². The summed E-state index contributed by atoms with van der Waals surface area (Å²) in [7, 11) is 0. The van der Waals surface area contributed by atoms with Crippen LogP contribution in [0.4, 0.5) is 0 Å². The van der Waals surface area contributed by atoms with Gasteiger partial charge in [0.25, 0.3) is 0 Å². The average Bonchev–Trinajstić information content (AvgIpc) is 3.13. The van der Waals surface area contributed by atoms with Crippen LogP contribution in [0.5, 0.6) is 0 Å². The van der Waals surface area contributed by atoms with Crippen molar-refractivity contribution < 1.29 is 4.79 Å². The molecule has 4 unspecified atom stereocenters. The fraction of sp³-hybridized carbons (Fsp3) is 0.933. The van der Waals surface area contributed by atoms with E-state index < -0.39 is 0 Å². The Bertz CT molecular complexity index is 308. The molecule has 0 heterocycles. The van der Waals surface area contributed by atoms with Gasteiger partial charge in [-0.1, -0.05) is 41.6 Å². The molecule has 0 spiro atoms. The van der Waals surface area contributed by atoms with Crippen molar-refractivity contribution in [2.24, 2.45) is 23.7 Å². The normalized spacial score (nSPS) is 43.1. The highest BCUT2D eigenvalue weighted by atomic mass is 79.9. The lowest BCUT2D eigenvalue weighted by molar-refractivity contribution is -0.124. The van der Waals surface area contributed by atoms with E-state index in [0.29, 0.717) is 23.8 Å². The lowest BCUT2D eigenvalue weighted by Crippen LogP contribution is -2.43. The third-order valence-corrected chi connectivity index (χ3v) is 6.23. The largest absolute Gasteiger partial charge is 0.353 e. The van der Waals surface area contributed by atoms with Crippen molar-refractivity contribution in [3.63, 3.8) is 0 Å². The van der Waals surface area contributed by atoms with Crippen molar-refractivity contribution in [1.29, 1.82) is 0 Å². The first-order valence-corrected chi connectivity index (χ1v) is 8.79. The van der Waals surface area contributed by atoms with Crippen LogP contribution in [-0.4, -0.2) is 17.3 Å². The molecule has 3 aliphatic carbocycles. The first-order chi connectivity index (χ1) is 8.81. The Balaban J connectivity index is 1.54. The molecular formula is C15H24BrNO. The number of carbonyl (C=O) groups is 1. The second-order valence-corrected chi connectivity index (χ2v) is 7.10. The van der Waals surface area contributed by atoms with E-state index in [1.165, 1.54) is 51.4 Å². The molecule has 0 radical (unpaired) electrons. The number of hydrogen-bond donors (Lipinski definition) is 1. The minimum atomic E-state index is 0.379. The van der Waals surface area contributed by atoms with Crippen molar-refractivity contribution in [2.75, 3.05) is 5.33 Å². The van der Waals surface area contributed by atoms with E-state index in [9.17, 15) is 4.79 Å². The van der Waals surface area contributed by atoms with Gasteiger partial charge in [0.2, 0.25) is 5.91 Å². The van der Waals surface area contributed by atoms with E-state index >= 15 is 0 Å². The van der Waals surface area contributed by atoms with Gasteiger partial charge in [-0.3, -0.25) is 4.79 Å². The second-order valence-electron chi connectivity index (χ2n) is 6.45. The average molecular weight is 314 g/mol. The maximum atomic E-state index is 12.4. The number of rotatable bonds is 3. The minimum absolute atomic E-state index is 0.379. The Kier molecular flexibility index (Phi) is 3.97. The standard InChI is InChI=1S/C15H24BrNO/c16-9-10-5-1-4-8-13(10)17-15(18)14-11-6-2-3-7-12(11)14/h10-14H,1-9H2,(H,17,18). The summed E-state index contributed by atoms with van der Waals surface area (Å²) < 4.78 is 0. The fourth-order valence-corrected chi connectivity index (χ4v) is 5.02. The topological polar surface area (TPSA) is 29.1 Å². The number of halogens is 1. The van der Waals surface area contributed by atoms with Crippen molar-refractivity contribution in [1.82, 2.24) is 5.32 Å². The van der Waals surface area contributed by atoms with Gasteiger partial charge in [0.05, 0.1) is 0 Å². The van der Waals surface area contributed by atoms with Crippen LogP contribution in [0.2, 0.25) is 0 Å². The molecule has 3 heteroatoms. The van der Waals surface area contributed by atoms with Gasteiger partial charge >= 0.3 is 0 Å². The molecule has 1 amide bonds. The third kappa shape index (κ3) is 2.48. The third-order valence-electron chi connectivity index (χ3n) is 5.39. The number of hydrogen-bond acceptors (Lipinski definition) is 1. The van der Waals surface area contributed by atoms with Gasteiger partial charge < -0.3 is 5.32 Å². The molecule has 18 heavy (non-hydrogen) atoms. The van der Waals surface area contributed by atoms with Crippen LogP contribution in [0.15, 0.2) is 0 Å². The molecule has 102 valence electrons. The van der Waals surface area contributed by atoms with E-state index in [-0.39, 0.29) is 0 Å². The quantitative estimate of drug-likeness (QED) is 0.794. The zero-order chi connectivity index (χ0) is 12.5. The molecule has 3 aliphatic rings. The van der Waals surface area contributed by atoms with Crippen molar-refractivity contribution >= 4 is 21.8 Å². The summed E-state index contributed by atoms with van der Waals surface area (Å²) in [4.78, 5) is 12.4. The summed E-state index contributed by atoms with van der Waals surface area (Å²) in [6, 6.07) is 0.438. The molecule has 4 atom stereocenters. The van der Waals surface area contributed by atoms with Gasteiger partial charge in [-0.25, -0.2) is 0 Å². The highest BCUT2D eigenvalue weighted by Gasteiger charge is 2.54. The predicted octanol–water partition coefficient (Wildman–Crippen LogP) is 3.49. The minimum Gasteiger partial charge on any atom is -0.353 e. The van der Waals surface area contributed by atoms with E-state index in [4.69, 9.17) is 0 Å². The number of nitrogens with one attached hydrogen (secondary N) is 1. The Morgan fingerprint density at radius 2 is 1.61 bits per heavy atom. The van der Waals surface area contributed by atoms with Crippen LogP contribution in [0, 0.1) is 23.7 Å². The molecule has 0 aromatic heterocycles. The Hall–Kier alpha value is -0.0500. The van der Waals surface area contributed by atoms with Crippen LogP contribution in [0.1, 0.15) is 51.4 Å². The molecule has 1 N–H and O–H groups in total. The summed E-state index contributed by atoms with van der Waals surface area (Å²) in [5.41, 5.74) is 0. The summed E-state index contributed by atoms with van der Waals surface area (Å²) in [6.07, 6.45) is 10.4. The van der Waals surface area contributed by atoms with Gasteiger partial charge in [-0.05, 0) is 43.4 Å². The monoisotopic (exact) mass is 313 g/mol. The van der Waals surface area contributed by atoms with E-state index in [1.54, 1.807) is 0 Å². The second kappa shape index (κ2) is 5.52. The van der Waals surface area contributed by atoms with Crippen LogP contribution in [0.3, 0.4) is 0 Å². The van der Waals surface area contributed by atoms with Gasteiger partial charge in [0.1, 0.15) is 0 Å². The zero-order valence-electron chi connectivity index (χ0n) is 11.0. The van der Waals surface area contributed by atoms with E-state index in [1.807, 2.05) is 0 Å². The molecule has 3 rings (SSSR count). The Morgan fingerprint density at radius 1 is 1.00 bits per heavy atom. The summed E-state index contributed by atoms with van der Waals surface area (Å²) in [5, 5.41) is 4.41. The van der Waals surface area contributed by atoms with Crippen molar-refractivity contribution in [3.8, 4) is 0 Å². The number of fused-ring (bicyclic) bond motifs is 1. The number of amides is 1. The molecule has 0 aromatic rings. The SMILES string of the molecule is O=C(NC1CCCCC1CBr)C1C2CCCCC21. The lowest BCUT2D eigenvalue weighted by Gasteiger charge is -2.31. The first-order valence-electron chi connectivity index (χ1n) is 7.67. The molecule has 0 aliphatic heterocycles. The maximum Gasteiger partial charge on any atom is 0.223 e. The van der Waals surface area contributed by atoms with Crippen LogP contribution in [0.25, 0.3) is 0 Å². The predicted molar refractivity (Wildman–Crippen MR) is 76.6 cm³/mol. The molecule has 0 aromatic carbocycles. The van der Waals surface area contributed by atoms with Gasteiger partial charge in [0, 0.05) is 17.3 Å². The maximum absolute atomic E-state index is 12.4. The molecule has 0 bridgehead atoms. The van der Waals surface area contributed by atoms with Gasteiger partial charge in [-0.15, -0.1) is 0 Å². The van der Waals surface area contributed by atoms with Crippen LogP contribution >= 0.6 is 15.9 Å². The molecule has 3 fully saturated rings. The van der Waals surface area contributed by atoms with Crippen LogP contribution in [-0.2, 0) is 4.79 Å². The van der Waals surface area contributed by atoms with Crippen molar-refractivity contribution in [2.45, 2.75) is 57.4 Å².